The number of ketones is 1. The Morgan fingerprint density at radius 3 is 2.58 bits per heavy atom. The molecule has 172 valence electrons. The average molecular weight is 468 g/mol. The van der Waals surface area contributed by atoms with Crippen LogP contribution in [0.1, 0.15) is 30.0 Å². The van der Waals surface area contributed by atoms with E-state index in [4.69, 9.17) is 16.9 Å². The number of likely N-dealkylation sites (N-methyl/N-ethyl adjacent to an activating group) is 1. The van der Waals surface area contributed by atoms with Gasteiger partial charge >= 0.3 is 6.09 Å². The number of nitrogens with zero attached hydrogens (tertiary/aromatic N) is 4. The molecule has 2 atom stereocenters. The molecule has 3 heterocycles. The molecule has 8 nitrogen and oxygen atoms in total. The summed E-state index contributed by atoms with van der Waals surface area (Å²) in [7, 11) is 1.49. The van der Waals surface area contributed by atoms with Crippen LogP contribution in [0.2, 0.25) is 5.02 Å². The number of nitriles is 1. The number of hydrogen-bond donors (Lipinski definition) is 2. The van der Waals surface area contributed by atoms with Gasteiger partial charge in [0.25, 0.3) is 0 Å². The van der Waals surface area contributed by atoms with Crippen LogP contribution in [0.3, 0.4) is 0 Å². The molecule has 2 aliphatic heterocycles. The molecule has 2 aromatic rings. The van der Waals surface area contributed by atoms with Gasteiger partial charge in [-0.05, 0) is 42.7 Å². The second-order valence-corrected chi connectivity index (χ2v) is 9.06. The number of halogens is 1. The van der Waals surface area contributed by atoms with E-state index in [2.05, 4.69) is 21.3 Å². The summed E-state index contributed by atoms with van der Waals surface area (Å²) in [5.74, 6) is 0.0990. The highest BCUT2D eigenvalue weighted by Crippen LogP contribution is 2.41. The maximum absolute atomic E-state index is 14.0. The number of nitrogens with one attached hydrogen (secondary N) is 1. The van der Waals surface area contributed by atoms with Crippen molar-refractivity contribution in [2.24, 2.45) is 5.92 Å². The fraction of sp³-hybridized carbons (Fsp3) is 0.417. The van der Waals surface area contributed by atoms with Crippen molar-refractivity contribution in [2.75, 3.05) is 38.1 Å². The van der Waals surface area contributed by atoms with Crippen molar-refractivity contribution in [3.05, 3.63) is 58.7 Å². The second-order valence-electron chi connectivity index (χ2n) is 8.62. The van der Waals surface area contributed by atoms with Crippen molar-refractivity contribution in [2.45, 2.75) is 24.3 Å². The van der Waals surface area contributed by atoms with Gasteiger partial charge < -0.3 is 15.3 Å². The molecule has 2 fully saturated rings. The number of pyridine rings is 1. The van der Waals surface area contributed by atoms with E-state index in [1.54, 1.807) is 24.3 Å². The molecular formula is C24H26ClN5O3. The molecule has 4 rings (SSSR count). The molecule has 1 aromatic carbocycles. The van der Waals surface area contributed by atoms with E-state index in [-0.39, 0.29) is 24.2 Å². The van der Waals surface area contributed by atoms with Gasteiger partial charge in [-0.15, -0.1) is 0 Å². The van der Waals surface area contributed by atoms with Crippen LogP contribution >= 0.6 is 11.6 Å². The first-order valence-corrected chi connectivity index (χ1v) is 11.3. The van der Waals surface area contributed by atoms with Crippen molar-refractivity contribution in [3.8, 4) is 6.07 Å². The van der Waals surface area contributed by atoms with E-state index >= 15 is 0 Å². The standard InChI is InChI=1S/C24H26ClN5O3/c1-29(23(32)33)24(15-27-14-20(24)16-5-7-18(25)8-6-16)22(31)17-9-11-30(12-10-17)21-4-2-3-19(13-26)28-21/h2-8,17,20,27H,9-12,14-15H2,1H3,(H,32,33)/t20-,24+/m0/s1. The largest absolute Gasteiger partial charge is 0.465 e. The topological polar surface area (TPSA) is 110 Å². The number of carbonyl (C=O) groups excluding carboxylic acids is 1. The van der Waals surface area contributed by atoms with E-state index in [1.807, 2.05) is 18.2 Å². The van der Waals surface area contributed by atoms with Crippen LogP contribution in [0.4, 0.5) is 10.6 Å². The van der Waals surface area contributed by atoms with Gasteiger partial charge in [0.2, 0.25) is 0 Å². The van der Waals surface area contributed by atoms with E-state index in [0.717, 1.165) is 11.4 Å². The van der Waals surface area contributed by atoms with Gasteiger partial charge in [-0.25, -0.2) is 9.78 Å². The van der Waals surface area contributed by atoms with Crippen molar-refractivity contribution in [1.82, 2.24) is 15.2 Å². The molecule has 1 aromatic heterocycles. The molecule has 0 bridgehead atoms. The smallest absolute Gasteiger partial charge is 0.407 e. The molecule has 0 spiro atoms. The van der Waals surface area contributed by atoms with Gasteiger partial charge in [0.15, 0.2) is 5.78 Å². The van der Waals surface area contributed by atoms with Gasteiger partial charge in [0.1, 0.15) is 23.1 Å². The molecule has 2 saturated heterocycles. The third kappa shape index (κ3) is 4.26. The Kier molecular flexibility index (Phi) is 6.54. The Bertz CT molecular complexity index is 1080. The number of Topliss-reactive ketones (excluding diaryl/α,β-unsaturated/α-hetero) is 1. The highest BCUT2D eigenvalue weighted by Gasteiger charge is 2.56. The lowest BCUT2D eigenvalue weighted by Gasteiger charge is -2.43. The van der Waals surface area contributed by atoms with E-state index < -0.39 is 11.6 Å². The number of anilines is 1. The molecule has 0 unspecified atom stereocenters. The summed E-state index contributed by atoms with van der Waals surface area (Å²) >= 11 is 6.06. The first-order valence-electron chi connectivity index (χ1n) is 11.0. The minimum absolute atomic E-state index is 0.0456. The molecule has 2 aliphatic rings. The van der Waals surface area contributed by atoms with Gasteiger partial charge in [0.05, 0.1) is 0 Å². The van der Waals surface area contributed by atoms with Crippen LogP contribution < -0.4 is 10.2 Å². The van der Waals surface area contributed by atoms with Crippen LogP contribution in [0, 0.1) is 17.2 Å². The summed E-state index contributed by atoms with van der Waals surface area (Å²) in [5, 5.41) is 22.9. The molecule has 0 saturated carbocycles. The third-order valence-electron chi connectivity index (χ3n) is 6.94. The van der Waals surface area contributed by atoms with Crippen molar-refractivity contribution < 1.29 is 14.7 Å². The first kappa shape index (κ1) is 23.0. The van der Waals surface area contributed by atoms with Gasteiger partial charge in [-0.3, -0.25) is 9.69 Å². The van der Waals surface area contributed by atoms with Crippen LogP contribution in [-0.4, -0.2) is 65.6 Å². The Morgan fingerprint density at radius 2 is 1.94 bits per heavy atom. The van der Waals surface area contributed by atoms with Crippen LogP contribution in [0.15, 0.2) is 42.5 Å². The summed E-state index contributed by atoms with van der Waals surface area (Å²) < 4.78 is 0. The monoisotopic (exact) mass is 467 g/mol. The minimum atomic E-state index is -1.19. The van der Waals surface area contributed by atoms with E-state index in [9.17, 15) is 14.7 Å². The summed E-state index contributed by atoms with van der Waals surface area (Å²) in [6.07, 6.45) is 0.0700. The lowest BCUT2D eigenvalue weighted by Crippen LogP contribution is -2.61. The number of benzene rings is 1. The summed E-state index contributed by atoms with van der Waals surface area (Å²) in [5.41, 5.74) is 0.0576. The van der Waals surface area contributed by atoms with Crippen LogP contribution in [0.5, 0.6) is 0 Å². The zero-order chi connectivity index (χ0) is 23.6. The van der Waals surface area contributed by atoms with E-state index in [1.165, 1.54) is 11.9 Å². The van der Waals surface area contributed by atoms with Gasteiger partial charge in [-0.2, -0.15) is 5.26 Å². The zero-order valence-corrected chi connectivity index (χ0v) is 19.1. The van der Waals surface area contributed by atoms with Crippen molar-refractivity contribution in [1.29, 1.82) is 5.26 Å². The Balaban J connectivity index is 1.58. The number of amides is 1. The normalized spacial score (nSPS) is 23.2. The fourth-order valence-electron chi connectivity index (χ4n) is 5.12. The van der Waals surface area contributed by atoms with Crippen molar-refractivity contribution >= 4 is 29.3 Å². The maximum atomic E-state index is 14.0. The fourth-order valence-corrected chi connectivity index (χ4v) is 5.25. The molecule has 33 heavy (non-hydrogen) atoms. The molecule has 1 amide bonds. The molecule has 2 N–H and O–H groups in total. The summed E-state index contributed by atoms with van der Waals surface area (Å²) in [6, 6.07) is 14.7. The van der Waals surface area contributed by atoms with Crippen molar-refractivity contribution in [3.63, 3.8) is 0 Å². The molecular weight excluding hydrogens is 442 g/mol. The number of hydrogen-bond acceptors (Lipinski definition) is 6. The average Bonchev–Trinajstić information content (AvgIpc) is 3.29. The first-order chi connectivity index (χ1) is 15.9. The number of piperidine rings is 1. The number of carboxylic acid groups (broad SMARTS) is 1. The predicted molar refractivity (Wildman–Crippen MR) is 124 cm³/mol. The van der Waals surface area contributed by atoms with Crippen LogP contribution in [0.25, 0.3) is 0 Å². The number of carbonyl (C=O) groups is 2. The second kappa shape index (κ2) is 9.38. The minimum Gasteiger partial charge on any atom is -0.465 e. The SMILES string of the molecule is CN(C(=O)O)[C@]1(C(=O)C2CCN(c3cccc(C#N)n3)CC2)CNC[C@H]1c1ccc(Cl)cc1. The number of aromatic nitrogens is 1. The highest BCUT2D eigenvalue weighted by atomic mass is 35.5. The predicted octanol–water partition coefficient (Wildman–Crippen LogP) is 3.13. The Morgan fingerprint density at radius 1 is 1.24 bits per heavy atom. The third-order valence-corrected chi connectivity index (χ3v) is 7.19. The molecule has 0 aliphatic carbocycles. The molecule has 9 heteroatoms. The maximum Gasteiger partial charge on any atom is 0.407 e. The van der Waals surface area contributed by atoms with E-state index in [0.29, 0.717) is 43.2 Å². The summed E-state index contributed by atoms with van der Waals surface area (Å²) in [6.45, 7) is 2.01. The number of rotatable bonds is 5. The van der Waals surface area contributed by atoms with Gasteiger partial charge in [-0.1, -0.05) is 29.8 Å². The summed E-state index contributed by atoms with van der Waals surface area (Å²) in [4.78, 5) is 33.7. The Labute approximate surface area is 197 Å². The molecule has 0 radical (unpaired) electrons. The van der Waals surface area contributed by atoms with Crippen LogP contribution in [-0.2, 0) is 4.79 Å². The highest BCUT2D eigenvalue weighted by molar-refractivity contribution is 6.30. The van der Waals surface area contributed by atoms with Gasteiger partial charge in [0, 0.05) is 50.1 Å². The zero-order valence-electron chi connectivity index (χ0n) is 18.4. The lowest BCUT2D eigenvalue weighted by atomic mass is 9.72. The Hall–Kier alpha value is -3.15. The lowest BCUT2D eigenvalue weighted by molar-refractivity contribution is -0.134. The quantitative estimate of drug-likeness (QED) is 0.695.